The zero-order valence-electron chi connectivity index (χ0n) is 17.2. The first-order valence-corrected chi connectivity index (χ1v) is 9.82. The number of terminal acetylenes is 1. The molecular weight excluding hydrogens is 342 g/mol. The predicted molar refractivity (Wildman–Crippen MR) is 121 cm³/mol. The van der Waals surface area contributed by atoms with Crippen LogP contribution in [0.15, 0.2) is 78.9 Å². The van der Waals surface area contributed by atoms with E-state index in [1.807, 2.05) is 68.4 Å². The summed E-state index contributed by atoms with van der Waals surface area (Å²) in [4.78, 5) is 2.09. The summed E-state index contributed by atoms with van der Waals surface area (Å²) in [6.45, 7) is 8.95. The summed E-state index contributed by atoms with van der Waals surface area (Å²) in [5.74, 6) is 5.05. The molecule has 0 saturated heterocycles. The first kappa shape index (κ1) is 21.1. The fourth-order valence-corrected chi connectivity index (χ4v) is 2.88. The lowest BCUT2D eigenvalue weighted by Gasteiger charge is -2.31. The Hall–Kier alpha value is -3.18. The van der Waals surface area contributed by atoms with Crippen molar-refractivity contribution in [2.24, 2.45) is 0 Å². The van der Waals surface area contributed by atoms with E-state index in [-0.39, 0.29) is 0 Å². The van der Waals surface area contributed by atoms with E-state index >= 15 is 0 Å². The molecule has 0 radical (unpaired) electrons. The van der Waals surface area contributed by atoms with Crippen molar-refractivity contribution in [3.05, 3.63) is 84.4 Å². The SMILES string of the molecule is C#CCN1c2ccccc2Oc2ccccc21.CC.CC(C)c1ccccc1. The van der Waals surface area contributed by atoms with E-state index in [1.54, 1.807) is 0 Å². The minimum atomic E-state index is 0.539. The smallest absolute Gasteiger partial charge is 0.151 e. The van der Waals surface area contributed by atoms with E-state index in [0.29, 0.717) is 12.5 Å². The molecule has 0 amide bonds. The van der Waals surface area contributed by atoms with Crippen molar-refractivity contribution in [3.8, 4) is 23.8 Å². The Kier molecular flexibility index (Phi) is 8.18. The summed E-state index contributed by atoms with van der Waals surface area (Å²) >= 11 is 0. The van der Waals surface area contributed by atoms with Crippen LogP contribution in [0, 0.1) is 12.3 Å². The number of rotatable bonds is 2. The lowest BCUT2D eigenvalue weighted by atomic mass is 10.0. The number of para-hydroxylation sites is 4. The van der Waals surface area contributed by atoms with Crippen molar-refractivity contribution in [3.63, 3.8) is 0 Å². The summed E-state index contributed by atoms with van der Waals surface area (Å²) in [5.41, 5.74) is 3.45. The molecule has 0 N–H and O–H groups in total. The minimum Gasteiger partial charge on any atom is -0.453 e. The van der Waals surface area contributed by atoms with Gasteiger partial charge in [0, 0.05) is 0 Å². The molecule has 28 heavy (non-hydrogen) atoms. The van der Waals surface area contributed by atoms with Gasteiger partial charge < -0.3 is 9.64 Å². The number of nitrogens with zero attached hydrogens (tertiary/aromatic N) is 1. The zero-order chi connectivity index (χ0) is 20.4. The van der Waals surface area contributed by atoms with Crippen LogP contribution >= 0.6 is 0 Å². The Balaban J connectivity index is 0.000000216. The third-order valence-electron chi connectivity index (χ3n) is 4.25. The van der Waals surface area contributed by atoms with E-state index in [1.165, 1.54) is 5.56 Å². The summed E-state index contributed by atoms with van der Waals surface area (Å²) in [6.07, 6.45) is 5.44. The van der Waals surface area contributed by atoms with Gasteiger partial charge in [-0.15, -0.1) is 6.42 Å². The van der Waals surface area contributed by atoms with Gasteiger partial charge in [-0.05, 0) is 35.7 Å². The van der Waals surface area contributed by atoms with Crippen molar-refractivity contribution in [1.29, 1.82) is 0 Å². The number of ether oxygens (including phenoxy) is 1. The van der Waals surface area contributed by atoms with Crippen LogP contribution in [0.4, 0.5) is 11.4 Å². The molecule has 0 unspecified atom stereocenters. The Morgan fingerprint density at radius 2 is 1.25 bits per heavy atom. The Morgan fingerprint density at radius 1 is 0.786 bits per heavy atom. The third-order valence-corrected chi connectivity index (χ3v) is 4.25. The molecule has 2 nitrogen and oxygen atoms in total. The second kappa shape index (κ2) is 10.8. The molecular formula is C26H29NO. The van der Waals surface area contributed by atoms with Gasteiger partial charge in [-0.25, -0.2) is 0 Å². The van der Waals surface area contributed by atoms with Gasteiger partial charge in [0.15, 0.2) is 11.5 Å². The Bertz CT molecular complexity index is 848. The van der Waals surface area contributed by atoms with E-state index in [2.05, 4.69) is 48.9 Å². The average molecular weight is 372 g/mol. The van der Waals surface area contributed by atoms with Gasteiger partial charge in [-0.3, -0.25) is 0 Å². The molecule has 3 aromatic rings. The molecule has 144 valence electrons. The lowest BCUT2D eigenvalue weighted by molar-refractivity contribution is 0.474. The Morgan fingerprint density at radius 3 is 1.68 bits per heavy atom. The van der Waals surface area contributed by atoms with Gasteiger partial charge in [-0.1, -0.05) is 88.2 Å². The molecule has 0 aromatic heterocycles. The van der Waals surface area contributed by atoms with Crippen molar-refractivity contribution < 1.29 is 4.74 Å². The minimum absolute atomic E-state index is 0.539. The molecule has 1 aliphatic rings. The van der Waals surface area contributed by atoms with Crippen LogP contribution < -0.4 is 9.64 Å². The number of fused-ring (bicyclic) bond motifs is 2. The summed E-state index contributed by atoms with van der Waals surface area (Å²) in [5, 5.41) is 0. The molecule has 0 atom stereocenters. The largest absolute Gasteiger partial charge is 0.453 e. The van der Waals surface area contributed by atoms with E-state index in [4.69, 9.17) is 11.2 Å². The highest BCUT2D eigenvalue weighted by Crippen LogP contribution is 2.45. The lowest BCUT2D eigenvalue weighted by Crippen LogP contribution is -2.21. The molecule has 2 heteroatoms. The highest BCUT2D eigenvalue weighted by molar-refractivity contribution is 5.78. The number of hydrogen-bond acceptors (Lipinski definition) is 2. The van der Waals surface area contributed by atoms with Gasteiger partial charge >= 0.3 is 0 Å². The van der Waals surface area contributed by atoms with Crippen LogP contribution in [-0.4, -0.2) is 6.54 Å². The topological polar surface area (TPSA) is 12.5 Å². The van der Waals surface area contributed by atoms with Crippen LogP contribution in [-0.2, 0) is 0 Å². The summed E-state index contributed by atoms with van der Waals surface area (Å²) in [7, 11) is 0. The average Bonchev–Trinajstić information content (AvgIpc) is 2.76. The molecule has 1 aliphatic heterocycles. The van der Waals surface area contributed by atoms with E-state index in [0.717, 1.165) is 22.9 Å². The van der Waals surface area contributed by atoms with Crippen molar-refractivity contribution in [1.82, 2.24) is 0 Å². The molecule has 0 aliphatic carbocycles. The highest BCUT2D eigenvalue weighted by atomic mass is 16.5. The maximum atomic E-state index is 5.84. The van der Waals surface area contributed by atoms with Gasteiger partial charge in [0.1, 0.15) is 0 Å². The first-order chi connectivity index (χ1) is 13.7. The normalized spacial score (nSPS) is 10.8. The highest BCUT2D eigenvalue weighted by Gasteiger charge is 2.22. The molecule has 0 fully saturated rings. The molecule has 0 spiro atoms. The summed E-state index contributed by atoms with van der Waals surface area (Å²) in [6, 6.07) is 26.3. The maximum absolute atomic E-state index is 5.84. The molecule has 0 bridgehead atoms. The van der Waals surface area contributed by atoms with Gasteiger partial charge in [-0.2, -0.15) is 0 Å². The standard InChI is InChI=1S/C15H11NO.C9H12.C2H6/c1-2-11-16-12-7-3-5-9-14(12)17-15-10-6-4-8-13(15)16;1-8(2)9-6-4-3-5-7-9;1-2/h1,3-10H,11H2;3-8H,1-2H3;1-2H3. The quantitative estimate of drug-likeness (QED) is 0.435. The van der Waals surface area contributed by atoms with Crippen LogP contribution in [0.2, 0.25) is 0 Å². The van der Waals surface area contributed by atoms with Crippen LogP contribution in [0.5, 0.6) is 11.5 Å². The van der Waals surface area contributed by atoms with E-state index in [9.17, 15) is 0 Å². The monoisotopic (exact) mass is 371 g/mol. The fourth-order valence-electron chi connectivity index (χ4n) is 2.88. The number of benzene rings is 3. The fraction of sp³-hybridized carbons (Fsp3) is 0.231. The van der Waals surface area contributed by atoms with Gasteiger partial charge in [0.05, 0.1) is 17.9 Å². The van der Waals surface area contributed by atoms with Crippen molar-refractivity contribution in [2.75, 3.05) is 11.4 Å². The van der Waals surface area contributed by atoms with E-state index < -0.39 is 0 Å². The maximum Gasteiger partial charge on any atom is 0.151 e. The number of hydrogen-bond donors (Lipinski definition) is 0. The molecule has 0 saturated carbocycles. The molecule has 3 aromatic carbocycles. The van der Waals surface area contributed by atoms with Crippen LogP contribution in [0.1, 0.15) is 39.2 Å². The number of anilines is 2. The second-order valence-electron chi connectivity index (χ2n) is 6.39. The first-order valence-electron chi connectivity index (χ1n) is 9.82. The van der Waals surface area contributed by atoms with Crippen molar-refractivity contribution >= 4 is 11.4 Å². The van der Waals surface area contributed by atoms with Crippen molar-refractivity contribution in [2.45, 2.75) is 33.6 Å². The van der Waals surface area contributed by atoms with Gasteiger partial charge in [0.25, 0.3) is 0 Å². The van der Waals surface area contributed by atoms with Crippen LogP contribution in [0.25, 0.3) is 0 Å². The summed E-state index contributed by atoms with van der Waals surface area (Å²) < 4.78 is 5.84. The molecule has 1 heterocycles. The predicted octanol–water partition coefficient (Wildman–Crippen LogP) is 7.40. The zero-order valence-corrected chi connectivity index (χ0v) is 17.2. The third kappa shape index (κ3) is 5.18. The van der Waals surface area contributed by atoms with Gasteiger partial charge in [0.2, 0.25) is 0 Å². The van der Waals surface area contributed by atoms with Crippen LogP contribution in [0.3, 0.4) is 0 Å². The molecule has 4 rings (SSSR count). The second-order valence-corrected chi connectivity index (χ2v) is 6.39. The Labute approximate surface area is 169 Å².